The van der Waals surface area contributed by atoms with Crippen LogP contribution in [0.1, 0.15) is 11.1 Å². The molecule has 0 unspecified atom stereocenters. The van der Waals surface area contributed by atoms with Gasteiger partial charge >= 0.3 is 0 Å². The number of aromatic nitrogens is 1. The third-order valence-electron chi connectivity index (χ3n) is 2.83. The van der Waals surface area contributed by atoms with Crippen LogP contribution in [0.25, 0.3) is 0 Å². The summed E-state index contributed by atoms with van der Waals surface area (Å²) in [5.74, 6) is 0. The zero-order valence-corrected chi connectivity index (χ0v) is 11.8. The lowest BCUT2D eigenvalue weighted by atomic mass is 10.1. The van der Waals surface area contributed by atoms with Crippen molar-refractivity contribution in [2.45, 2.75) is 13.5 Å². The van der Waals surface area contributed by atoms with E-state index in [9.17, 15) is 0 Å². The predicted octanol–water partition coefficient (Wildman–Crippen LogP) is 4.33. The zero-order valence-electron chi connectivity index (χ0n) is 10.3. The molecule has 0 fully saturated rings. The Morgan fingerprint density at radius 3 is 2.61 bits per heavy atom. The van der Waals surface area contributed by atoms with Crippen LogP contribution >= 0.6 is 23.2 Å². The minimum Gasteiger partial charge on any atom is -0.370 e. The maximum Gasteiger partial charge on any atom is 0.130 e. The quantitative estimate of drug-likeness (QED) is 0.778. The molecule has 1 aromatic carbocycles. The highest BCUT2D eigenvalue weighted by atomic mass is 35.5. The van der Waals surface area contributed by atoms with Crippen molar-refractivity contribution in [1.82, 2.24) is 4.98 Å². The van der Waals surface area contributed by atoms with E-state index in [0.29, 0.717) is 16.7 Å². The summed E-state index contributed by atoms with van der Waals surface area (Å²) in [6.45, 7) is 2.79. The first-order valence-electron chi connectivity index (χ1n) is 5.64. The van der Waals surface area contributed by atoms with E-state index in [4.69, 9.17) is 23.2 Å². The second-order valence-electron chi connectivity index (χ2n) is 4.24. The number of anilines is 1. The summed E-state index contributed by atoms with van der Waals surface area (Å²) in [5, 5.41) is 1.07. The van der Waals surface area contributed by atoms with Crippen molar-refractivity contribution >= 4 is 28.9 Å². The molecular weight excluding hydrogens is 267 g/mol. The molecule has 0 atom stereocenters. The number of para-hydroxylation sites is 1. The van der Waals surface area contributed by atoms with Crippen LogP contribution in [0.2, 0.25) is 10.2 Å². The highest BCUT2D eigenvalue weighted by Gasteiger charge is 2.08. The van der Waals surface area contributed by atoms with E-state index in [1.54, 1.807) is 12.3 Å². The molecule has 1 aromatic heterocycles. The van der Waals surface area contributed by atoms with Crippen molar-refractivity contribution in [3.8, 4) is 0 Å². The van der Waals surface area contributed by atoms with Crippen LogP contribution in [-0.2, 0) is 6.54 Å². The second-order valence-corrected chi connectivity index (χ2v) is 5.04. The van der Waals surface area contributed by atoms with E-state index < -0.39 is 0 Å². The summed E-state index contributed by atoms with van der Waals surface area (Å²) in [4.78, 5) is 6.21. The molecule has 2 aromatic rings. The van der Waals surface area contributed by atoms with Gasteiger partial charge in [0, 0.05) is 31.0 Å². The van der Waals surface area contributed by atoms with Crippen LogP contribution in [0, 0.1) is 6.92 Å². The highest BCUT2D eigenvalue weighted by molar-refractivity contribution is 6.34. The largest absolute Gasteiger partial charge is 0.370 e. The van der Waals surface area contributed by atoms with E-state index in [1.807, 2.05) is 19.2 Å². The molecule has 1 heterocycles. The number of nitrogens with zero attached hydrogens (tertiary/aromatic N) is 2. The molecule has 0 radical (unpaired) electrons. The molecule has 0 aliphatic rings. The van der Waals surface area contributed by atoms with Crippen LogP contribution in [0.3, 0.4) is 0 Å². The Morgan fingerprint density at radius 1 is 1.22 bits per heavy atom. The fourth-order valence-electron chi connectivity index (χ4n) is 1.88. The summed E-state index contributed by atoms with van der Waals surface area (Å²) < 4.78 is 0. The first kappa shape index (κ1) is 13.2. The molecule has 0 bridgehead atoms. The van der Waals surface area contributed by atoms with Gasteiger partial charge in [0.15, 0.2) is 0 Å². The van der Waals surface area contributed by atoms with Gasteiger partial charge in [-0.1, -0.05) is 41.4 Å². The van der Waals surface area contributed by atoms with Crippen molar-refractivity contribution in [2.75, 3.05) is 11.9 Å². The first-order chi connectivity index (χ1) is 8.58. The second kappa shape index (κ2) is 5.59. The van der Waals surface area contributed by atoms with Crippen LogP contribution in [0.4, 0.5) is 5.69 Å². The number of benzene rings is 1. The van der Waals surface area contributed by atoms with E-state index in [-0.39, 0.29) is 0 Å². The molecule has 2 rings (SSSR count). The molecule has 2 nitrogen and oxygen atoms in total. The Morgan fingerprint density at radius 2 is 1.94 bits per heavy atom. The highest BCUT2D eigenvalue weighted by Crippen LogP contribution is 2.24. The van der Waals surface area contributed by atoms with E-state index in [2.05, 4.69) is 28.9 Å². The molecular formula is C14H14Cl2N2. The van der Waals surface area contributed by atoms with Gasteiger partial charge in [0.1, 0.15) is 5.15 Å². The van der Waals surface area contributed by atoms with Crippen molar-refractivity contribution in [1.29, 1.82) is 0 Å². The van der Waals surface area contributed by atoms with Gasteiger partial charge in [0.25, 0.3) is 0 Å². The summed E-state index contributed by atoms with van der Waals surface area (Å²) in [6, 6.07) is 9.91. The standard InChI is InChI=1S/C14H14Cl2N2/c1-10-5-3-4-6-13(10)18(2)9-11-8-17-14(16)7-12(11)15/h3-8H,9H2,1-2H3. The predicted molar refractivity (Wildman–Crippen MR) is 77.5 cm³/mol. The molecule has 0 saturated carbocycles. The first-order valence-corrected chi connectivity index (χ1v) is 6.40. The molecule has 0 aliphatic heterocycles. The van der Waals surface area contributed by atoms with E-state index in [1.165, 1.54) is 11.3 Å². The Balaban J connectivity index is 2.21. The Hall–Kier alpha value is -1.25. The SMILES string of the molecule is Cc1ccccc1N(C)Cc1cnc(Cl)cc1Cl. The third kappa shape index (κ3) is 2.95. The summed E-state index contributed by atoms with van der Waals surface area (Å²) >= 11 is 11.9. The lowest BCUT2D eigenvalue weighted by molar-refractivity contribution is 0.910. The third-order valence-corrected chi connectivity index (χ3v) is 3.39. The van der Waals surface area contributed by atoms with Gasteiger partial charge < -0.3 is 4.90 Å². The Kier molecular flexibility index (Phi) is 4.10. The minimum atomic E-state index is 0.419. The number of aryl methyl sites for hydroxylation is 1. The van der Waals surface area contributed by atoms with Crippen molar-refractivity contribution in [3.05, 3.63) is 57.8 Å². The van der Waals surface area contributed by atoms with Gasteiger partial charge in [0.2, 0.25) is 0 Å². The zero-order chi connectivity index (χ0) is 13.1. The van der Waals surface area contributed by atoms with Crippen molar-refractivity contribution < 1.29 is 0 Å². The number of pyridine rings is 1. The van der Waals surface area contributed by atoms with Crippen LogP contribution in [-0.4, -0.2) is 12.0 Å². The lowest BCUT2D eigenvalue weighted by Gasteiger charge is -2.21. The maximum absolute atomic E-state index is 6.15. The summed E-state index contributed by atoms with van der Waals surface area (Å²) in [5.41, 5.74) is 3.38. The van der Waals surface area contributed by atoms with Crippen molar-refractivity contribution in [2.24, 2.45) is 0 Å². The molecule has 94 valence electrons. The molecule has 0 saturated heterocycles. The monoisotopic (exact) mass is 280 g/mol. The number of rotatable bonds is 3. The van der Waals surface area contributed by atoms with Gasteiger partial charge in [-0.15, -0.1) is 0 Å². The van der Waals surface area contributed by atoms with Gasteiger partial charge in [0.05, 0.1) is 5.02 Å². The van der Waals surface area contributed by atoms with E-state index >= 15 is 0 Å². The van der Waals surface area contributed by atoms with Gasteiger partial charge in [-0.2, -0.15) is 0 Å². The molecule has 18 heavy (non-hydrogen) atoms. The molecule has 0 N–H and O–H groups in total. The molecule has 4 heteroatoms. The topological polar surface area (TPSA) is 16.1 Å². The average Bonchev–Trinajstić information content (AvgIpc) is 2.33. The fraction of sp³-hybridized carbons (Fsp3) is 0.214. The Bertz CT molecular complexity index is 555. The number of halogens is 2. The lowest BCUT2D eigenvalue weighted by Crippen LogP contribution is -2.17. The Labute approximate surface area is 117 Å². The normalized spacial score (nSPS) is 10.4. The van der Waals surface area contributed by atoms with Gasteiger partial charge in [-0.3, -0.25) is 0 Å². The van der Waals surface area contributed by atoms with Crippen LogP contribution in [0.15, 0.2) is 36.5 Å². The van der Waals surface area contributed by atoms with E-state index in [0.717, 1.165) is 5.56 Å². The van der Waals surface area contributed by atoms with Crippen molar-refractivity contribution in [3.63, 3.8) is 0 Å². The van der Waals surface area contributed by atoms with Crippen LogP contribution < -0.4 is 4.90 Å². The summed E-state index contributed by atoms with van der Waals surface area (Å²) in [6.07, 6.45) is 1.72. The number of hydrogen-bond acceptors (Lipinski definition) is 2. The smallest absolute Gasteiger partial charge is 0.130 e. The minimum absolute atomic E-state index is 0.419. The number of hydrogen-bond donors (Lipinski definition) is 0. The molecule has 0 aliphatic carbocycles. The summed E-state index contributed by atoms with van der Waals surface area (Å²) in [7, 11) is 2.03. The molecule has 0 amide bonds. The molecule has 0 spiro atoms. The van der Waals surface area contributed by atoms with Gasteiger partial charge in [-0.25, -0.2) is 4.98 Å². The maximum atomic E-state index is 6.15. The van der Waals surface area contributed by atoms with Crippen LogP contribution in [0.5, 0.6) is 0 Å². The fourth-order valence-corrected chi connectivity index (χ4v) is 2.31. The van der Waals surface area contributed by atoms with Gasteiger partial charge in [-0.05, 0) is 24.6 Å². The average molecular weight is 281 g/mol.